The van der Waals surface area contributed by atoms with Crippen LogP contribution in [-0.2, 0) is 17.6 Å². The average molecular weight is 271 g/mol. The van der Waals surface area contributed by atoms with Crippen LogP contribution in [0.15, 0.2) is 12.1 Å². The highest BCUT2D eigenvalue weighted by molar-refractivity contribution is 6.30. The minimum Gasteiger partial charge on any atom is -0.493 e. The molecule has 0 aromatic heterocycles. The molecule has 18 heavy (non-hydrogen) atoms. The molecule has 0 saturated heterocycles. The highest BCUT2D eigenvalue weighted by Crippen LogP contribution is 2.34. The van der Waals surface area contributed by atoms with E-state index in [1.807, 2.05) is 19.1 Å². The van der Waals surface area contributed by atoms with Gasteiger partial charge in [-0.1, -0.05) is 11.6 Å². The van der Waals surface area contributed by atoms with Gasteiger partial charge in [-0.3, -0.25) is 0 Å². The molecule has 1 N–H and O–H groups in total. The van der Waals surface area contributed by atoms with Crippen LogP contribution in [0, 0.1) is 0 Å². The van der Waals surface area contributed by atoms with Crippen LogP contribution in [0.5, 0.6) is 5.75 Å². The molecule has 1 atom stereocenters. The summed E-state index contributed by atoms with van der Waals surface area (Å²) in [5, 5.41) is 11.0. The lowest BCUT2D eigenvalue weighted by Crippen LogP contribution is -2.33. The predicted octanol–water partition coefficient (Wildman–Crippen LogP) is 2.60. The molecule has 1 aliphatic rings. The molecule has 1 aromatic carbocycles. The number of ether oxygens (including phenoxy) is 2. The third-order valence-corrected chi connectivity index (χ3v) is 3.23. The zero-order valence-corrected chi connectivity index (χ0v) is 11.6. The Morgan fingerprint density at radius 3 is 3.00 bits per heavy atom. The zero-order valence-electron chi connectivity index (χ0n) is 10.8. The Hall–Kier alpha value is -0.770. The van der Waals surface area contributed by atoms with Crippen molar-refractivity contribution < 1.29 is 14.6 Å². The van der Waals surface area contributed by atoms with Crippen molar-refractivity contribution in [1.82, 2.24) is 0 Å². The molecule has 1 aliphatic heterocycles. The van der Waals surface area contributed by atoms with Crippen molar-refractivity contribution in [2.24, 2.45) is 0 Å². The summed E-state index contributed by atoms with van der Waals surface area (Å²) in [6.45, 7) is 5.28. The predicted molar refractivity (Wildman–Crippen MR) is 71.5 cm³/mol. The first kappa shape index (κ1) is 13.7. The topological polar surface area (TPSA) is 38.7 Å². The number of aliphatic hydroxyl groups is 1. The molecule has 0 bridgehead atoms. The second-order valence-electron chi connectivity index (χ2n) is 4.96. The lowest BCUT2D eigenvalue weighted by atomic mass is 9.95. The summed E-state index contributed by atoms with van der Waals surface area (Å²) in [7, 11) is 0. The Kier molecular flexibility index (Phi) is 4.15. The van der Waals surface area contributed by atoms with E-state index in [2.05, 4.69) is 0 Å². The Bertz CT molecular complexity index is 429. The summed E-state index contributed by atoms with van der Waals surface area (Å²) < 4.78 is 10.9. The van der Waals surface area contributed by atoms with Crippen molar-refractivity contribution in [1.29, 1.82) is 0 Å². The summed E-state index contributed by atoms with van der Waals surface area (Å²) in [5.41, 5.74) is 1.19. The lowest BCUT2D eigenvalue weighted by Gasteiger charge is -2.24. The lowest BCUT2D eigenvalue weighted by molar-refractivity contribution is -0.0299. The number of fused-ring (bicyclic) bond motifs is 1. The van der Waals surface area contributed by atoms with Crippen LogP contribution in [0.2, 0.25) is 5.02 Å². The van der Waals surface area contributed by atoms with Crippen molar-refractivity contribution in [2.75, 3.05) is 19.8 Å². The number of halogens is 1. The van der Waals surface area contributed by atoms with E-state index in [0.29, 0.717) is 31.3 Å². The Morgan fingerprint density at radius 2 is 2.28 bits per heavy atom. The third kappa shape index (κ3) is 3.16. The van der Waals surface area contributed by atoms with Crippen LogP contribution in [-0.4, -0.2) is 30.5 Å². The molecule has 2 rings (SSSR count). The molecule has 1 heterocycles. The van der Waals surface area contributed by atoms with Gasteiger partial charge in [0.25, 0.3) is 0 Å². The molecule has 1 unspecified atom stereocenters. The van der Waals surface area contributed by atoms with E-state index in [9.17, 15) is 5.11 Å². The fraction of sp³-hybridized carbons (Fsp3) is 0.571. The molecule has 1 aromatic rings. The van der Waals surface area contributed by atoms with Crippen molar-refractivity contribution in [2.45, 2.75) is 32.3 Å². The Morgan fingerprint density at radius 1 is 1.50 bits per heavy atom. The molecular weight excluding hydrogens is 252 g/mol. The standard InChI is InChI=1S/C14H19ClO3/c1-3-17-9-14(2,16)8-11-7-12(15)6-10-4-5-18-13(10)11/h6-7,16H,3-5,8-9H2,1-2H3. The largest absolute Gasteiger partial charge is 0.493 e. The zero-order chi connectivity index (χ0) is 13.2. The Labute approximate surface area is 113 Å². The van der Waals surface area contributed by atoms with Gasteiger partial charge in [-0.15, -0.1) is 0 Å². The fourth-order valence-electron chi connectivity index (χ4n) is 2.26. The second kappa shape index (κ2) is 5.47. The Balaban J connectivity index is 2.19. The number of rotatable bonds is 5. The van der Waals surface area contributed by atoms with E-state index in [1.165, 1.54) is 0 Å². The summed E-state index contributed by atoms with van der Waals surface area (Å²) in [4.78, 5) is 0. The van der Waals surface area contributed by atoms with E-state index in [4.69, 9.17) is 21.1 Å². The van der Waals surface area contributed by atoms with Crippen molar-refractivity contribution in [3.05, 3.63) is 28.3 Å². The highest BCUT2D eigenvalue weighted by atomic mass is 35.5. The maximum absolute atomic E-state index is 10.3. The molecule has 0 fully saturated rings. The van der Waals surface area contributed by atoms with Crippen molar-refractivity contribution in [3.8, 4) is 5.75 Å². The highest BCUT2D eigenvalue weighted by Gasteiger charge is 2.26. The number of hydrogen-bond acceptors (Lipinski definition) is 3. The SMILES string of the molecule is CCOCC(C)(O)Cc1cc(Cl)cc2c1OCC2. The van der Waals surface area contributed by atoms with Crippen LogP contribution in [0.4, 0.5) is 0 Å². The van der Waals surface area contributed by atoms with Crippen molar-refractivity contribution >= 4 is 11.6 Å². The van der Waals surface area contributed by atoms with Gasteiger partial charge in [0.2, 0.25) is 0 Å². The maximum atomic E-state index is 10.3. The van der Waals surface area contributed by atoms with Crippen LogP contribution in [0.25, 0.3) is 0 Å². The summed E-state index contributed by atoms with van der Waals surface area (Å²) >= 11 is 6.09. The van der Waals surface area contributed by atoms with E-state index in [-0.39, 0.29) is 0 Å². The molecule has 0 radical (unpaired) electrons. The first-order chi connectivity index (χ1) is 8.52. The van der Waals surface area contributed by atoms with Crippen LogP contribution in [0.3, 0.4) is 0 Å². The molecule has 0 saturated carbocycles. The van der Waals surface area contributed by atoms with Gasteiger partial charge in [0.15, 0.2) is 0 Å². The van der Waals surface area contributed by atoms with Gasteiger partial charge in [-0.25, -0.2) is 0 Å². The molecule has 4 heteroatoms. The smallest absolute Gasteiger partial charge is 0.126 e. The van der Waals surface area contributed by atoms with Gasteiger partial charge in [0.1, 0.15) is 5.75 Å². The quantitative estimate of drug-likeness (QED) is 0.894. The summed E-state index contributed by atoms with van der Waals surface area (Å²) in [6.07, 6.45) is 1.37. The van der Waals surface area contributed by atoms with E-state index >= 15 is 0 Å². The third-order valence-electron chi connectivity index (χ3n) is 3.01. The summed E-state index contributed by atoms with van der Waals surface area (Å²) in [6, 6.07) is 3.80. The molecule has 100 valence electrons. The first-order valence-electron chi connectivity index (χ1n) is 6.26. The van der Waals surface area contributed by atoms with Crippen molar-refractivity contribution in [3.63, 3.8) is 0 Å². The van der Waals surface area contributed by atoms with Crippen LogP contribution >= 0.6 is 11.6 Å². The first-order valence-corrected chi connectivity index (χ1v) is 6.64. The van der Waals surface area contributed by atoms with Gasteiger partial charge in [0, 0.05) is 24.5 Å². The minimum absolute atomic E-state index is 0.310. The molecular formula is C14H19ClO3. The number of hydrogen-bond donors (Lipinski definition) is 1. The molecule has 0 spiro atoms. The van der Waals surface area contributed by atoms with E-state index in [1.54, 1.807) is 6.92 Å². The molecule has 3 nitrogen and oxygen atoms in total. The maximum Gasteiger partial charge on any atom is 0.126 e. The van der Waals surface area contributed by atoms with E-state index < -0.39 is 5.60 Å². The van der Waals surface area contributed by atoms with Crippen LogP contribution in [0.1, 0.15) is 25.0 Å². The second-order valence-corrected chi connectivity index (χ2v) is 5.40. The van der Waals surface area contributed by atoms with Gasteiger partial charge in [-0.2, -0.15) is 0 Å². The van der Waals surface area contributed by atoms with Gasteiger partial charge < -0.3 is 14.6 Å². The molecule has 0 aliphatic carbocycles. The van der Waals surface area contributed by atoms with E-state index in [0.717, 1.165) is 23.3 Å². The monoisotopic (exact) mass is 270 g/mol. The minimum atomic E-state index is -0.902. The average Bonchev–Trinajstić information content (AvgIpc) is 2.74. The normalized spacial score (nSPS) is 17.1. The van der Waals surface area contributed by atoms with Gasteiger partial charge in [0.05, 0.1) is 18.8 Å². The number of benzene rings is 1. The van der Waals surface area contributed by atoms with Gasteiger partial charge in [-0.05, 0) is 37.1 Å². The summed E-state index contributed by atoms with van der Waals surface area (Å²) in [5.74, 6) is 0.885. The van der Waals surface area contributed by atoms with Crippen LogP contribution < -0.4 is 4.74 Å². The fourth-order valence-corrected chi connectivity index (χ4v) is 2.52. The van der Waals surface area contributed by atoms with Gasteiger partial charge >= 0.3 is 0 Å². The molecule has 0 amide bonds.